The van der Waals surface area contributed by atoms with Crippen LogP contribution in [0.3, 0.4) is 0 Å². The molecule has 2 aromatic carbocycles. The van der Waals surface area contributed by atoms with Crippen molar-refractivity contribution in [3.8, 4) is 5.75 Å². The van der Waals surface area contributed by atoms with Gasteiger partial charge in [0.05, 0.1) is 29.9 Å². The molecule has 1 aliphatic heterocycles. The van der Waals surface area contributed by atoms with Crippen molar-refractivity contribution in [3.05, 3.63) is 48.5 Å². The van der Waals surface area contributed by atoms with E-state index in [1.165, 1.54) is 24.3 Å². The van der Waals surface area contributed by atoms with Gasteiger partial charge in [-0.15, -0.1) is 0 Å². The van der Waals surface area contributed by atoms with Gasteiger partial charge >= 0.3 is 0 Å². The first-order valence-corrected chi connectivity index (χ1v) is 12.6. The van der Waals surface area contributed by atoms with E-state index in [2.05, 4.69) is 5.32 Å². The molecule has 1 N–H and O–H groups in total. The van der Waals surface area contributed by atoms with Crippen LogP contribution in [0.2, 0.25) is 0 Å². The van der Waals surface area contributed by atoms with E-state index in [4.69, 9.17) is 4.74 Å². The molecule has 11 heteroatoms. The first-order valence-electron chi connectivity index (χ1n) is 9.14. The molecule has 1 aliphatic rings. The van der Waals surface area contributed by atoms with E-state index in [9.17, 15) is 21.6 Å². The average molecular weight is 454 g/mol. The van der Waals surface area contributed by atoms with Crippen LogP contribution in [0.4, 0.5) is 17.1 Å². The summed E-state index contributed by atoms with van der Waals surface area (Å²) in [4.78, 5) is 12.8. The minimum absolute atomic E-state index is 0.116. The Kier molecular flexibility index (Phi) is 5.95. The Morgan fingerprint density at radius 2 is 1.87 bits per heavy atom. The van der Waals surface area contributed by atoms with Gasteiger partial charge in [0, 0.05) is 12.7 Å². The van der Waals surface area contributed by atoms with Crippen LogP contribution in [0.1, 0.15) is 6.92 Å². The highest BCUT2D eigenvalue weighted by Gasteiger charge is 2.36. The zero-order valence-corrected chi connectivity index (χ0v) is 18.4. The lowest BCUT2D eigenvalue weighted by Crippen LogP contribution is -2.49. The summed E-state index contributed by atoms with van der Waals surface area (Å²) in [6.45, 7) is 1.37. The number of carbonyl (C=O) groups is 1. The van der Waals surface area contributed by atoms with E-state index in [0.29, 0.717) is 22.8 Å². The molecule has 0 saturated heterocycles. The van der Waals surface area contributed by atoms with Crippen LogP contribution in [-0.4, -0.2) is 54.4 Å². The maximum atomic E-state index is 12.8. The molecule has 0 fully saturated rings. The number of rotatable bonds is 6. The fourth-order valence-corrected chi connectivity index (χ4v) is 4.57. The smallest absolute Gasteiger partial charge is 0.267 e. The first kappa shape index (κ1) is 21.9. The number of para-hydroxylation sites is 2. The third-order valence-corrected chi connectivity index (χ3v) is 7.66. The van der Waals surface area contributed by atoms with Gasteiger partial charge in [0.2, 0.25) is 20.0 Å². The summed E-state index contributed by atoms with van der Waals surface area (Å²) < 4.78 is 56.6. The summed E-state index contributed by atoms with van der Waals surface area (Å²) in [5.74, 6) is -0.360. The van der Waals surface area contributed by atoms with Crippen molar-refractivity contribution in [1.29, 1.82) is 0 Å². The number of anilines is 3. The topological polar surface area (TPSA) is 113 Å². The van der Waals surface area contributed by atoms with Crippen LogP contribution in [0.15, 0.2) is 48.5 Å². The van der Waals surface area contributed by atoms with Gasteiger partial charge in [-0.2, -0.15) is 0 Å². The van der Waals surface area contributed by atoms with Gasteiger partial charge in [-0.3, -0.25) is 13.4 Å². The molecule has 3 rings (SSSR count). The molecule has 0 bridgehead atoms. The number of hydrogen-bond acceptors (Lipinski definition) is 6. The number of ether oxygens (including phenoxy) is 1. The molecule has 0 radical (unpaired) electrons. The molecule has 0 aliphatic carbocycles. The fraction of sp³-hybridized carbons (Fsp3) is 0.316. The van der Waals surface area contributed by atoms with E-state index in [1.54, 1.807) is 42.5 Å². The maximum Gasteiger partial charge on any atom is 0.267 e. The maximum absolute atomic E-state index is 12.8. The third-order valence-electron chi connectivity index (χ3n) is 4.70. The second-order valence-electron chi connectivity index (χ2n) is 6.78. The standard InChI is InChI=1S/C19H23N3O6S2/c1-4-30(26,27)22-13-18(28-17-11-6-5-10-16(17)22)19(23)20-14-8-7-9-15(12-14)21(2)29(3,24)25/h5-12,18H,4,13H2,1-3H3,(H,20,23). The molecule has 162 valence electrons. The van der Waals surface area contributed by atoms with Crippen LogP contribution < -0.4 is 18.7 Å². The van der Waals surface area contributed by atoms with Gasteiger partial charge in [0.1, 0.15) is 5.75 Å². The molecule has 2 aromatic rings. The molecular formula is C19H23N3O6S2. The van der Waals surface area contributed by atoms with E-state index >= 15 is 0 Å². The summed E-state index contributed by atoms with van der Waals surface area (Å²) in [7, 11) is -5.66. The van der Waals surface area contributed by atoms with Crippen molar-refractivity contribution < 1.29 is 26.4 Å². The van der Waals surface area contributed by atoms with E-state index < -0.39 is 32.1 Å². The van der Waals surface area contributed by atoms with Gasteiger partial charge in [-0.25, -0.2) is 16.8 Å². The molecular weight excluding hydrogens is 430 g/mol. The lowest BCUT2D eigenvalue weighted by atomic mass is 10.2. The quantitative estimate of drug-likeness (QED) is 0.711. The van der Waals surface area contributed by atoms with Gasteiger partial charge in [0.15, 0.2) is 6.10 Å². The summed E-state index contributed by atoms with van der Waals surface area (Å²) in [6, 6.07) is 12.9. The number of carbonyl (C=O) groups excluding carboxylic acids is 1. The molecule has 30 heavy (non-hydrogen) atoms. The van der Waals surface area contributed by atoms with Crippen LogP contribution in [0.25, 0.3) is 0 Å². The van der Waals surface area contributed by atoms with E-state index in [0.717, 1.165) is 10.6 Å². The third kappa shape index (κ3) is 4.51. The zero-order chi connectivity index (χ0) is 22.1. The first-order chi connectivity index (χ1) is 14.0. The van der Waals surface area contributed by atoms with Crippen LogP contribution >= 0.6 is 0 Å². The predicted molar refractivity (Wildman–Crippen MR) is 116 cm³/mol. The molecule has 1 atom stereocenters. The second kappa shape index (κ2) is 8.15. The second-order valence-corrected chi connectivity index (χ2v) is 11.0. The summed E-state index contributed by atoms with van der Waals surface area (Å²) in [5.41, 5.74) is 1.13. The van der Waals surface area contributed by atoms with Crippen molar-refractivity contribution in [2.75, 3.05) is 39.5 Å². The van der Waals surface area contributed by atoms with Crippen LogP contribution in [0, 0.1) is 0 Å². The largest absolute Gasteiger partial charge is 0.476 e. The Balaban J connectivity index is 1.85. The van der Waals surface area contributed by atoms with Crippen molar-refractivity contribution in [3.63, 3.8) is 0 Å². The van der Waals surface area contributed by atoms with Gasteiger partial charge in [-0.05, 0) is 37.3 Å². The molecule has 1 amide bonds. The molecule has 0 saturated carbocycles. The number of nitrogens with zero attached hydrogens (tertiary/aromatic N) is 2. The van der Waals surface area contributed by atoms with Gasteiger partial charge in [0.25, 0.3) is 5.91 Å². The van der Waals surface area contributed by atoms with Gasteiger partial charge in [-0.1, -0.05) is 18.2 Å². The van der Waals surface area contributed by atoms with Crippen LogP contribution in [-0.2, 0) is 24.8 Å². The molecule has 1 heterocycles. The summed E-state index contributed by atoms with van der Waals surface area (Å²) >= 11 is 0. The monoisotopic (exact) mass is 453 g/mol. The summed E-state index contributed by atoms with van der Waals surface area (Å²) in [6.07, 6.45) is 0.00596. The number of fused-ring (bicyclic) bond motifs is 1. The highest BCUT2D eigenvalue weighted by molar-refractivity contribution is 7.92. The highest BCUT2D eigenvalue weighted by atomic mass is 32.2. The van der Waals surface area contributed by atoms with Crippen LogP contribution in [0.5, 0.6) is 5.75 Å². The van der Waals surface area contributed by atoms with Crippen molar-refractivity contribution in [2.45, 2.75) is 13.0 Å². The van der Waals surface area contributed by atoms with Crippen molar-refractivity contribution in [2.24, 2.45) is 0 Å². The lowest BCUT2D eigenvalue weighted by molar-refractivity contribution is -0.122. The normalized spacial score (nSPS) is 16.4. The number of nitrogens with one attached hydrogen (secondary N) is 1. The Morgan fingerprint density at radius 1 is 1.17 bits per heavy atom. The number of benzene rings is 2. The van der Waals surface area contributed by atoms with E-state index in [1.807, 2.05) is 0 Å². The van der Waals surface area contributed by atoms with E-state index in [-0.39, 0.29) is 12.3 Å². The number of amides is 1. The Labute approximate surface area is 176 Å². The lowest BCUT2D eigenvalue weighted by Gasteiger charge is -2.34. The molecule has 1 unspecified atom stereocenters. The molecule has 0 aromatic heterocycles. The minimum Gasteiger partial charge on any atom is -0.476 e. The zero-order valence-electron chi connectivity index (χ0n) is 16.8. The SMILES string of the molecule is CCS(=O)(=O)N1CC(C(=O)Nc2cccc(N(C)S(C)(=O)=O)c2)Oc2ccccc21. The Bertz CT molecular complexity index is 1160. The molecule has 9 nitrogen and oxygen atoms in total. The Morgan fingerprint density at radius 3 is 2.53 bits per heavy atom. The van der Waals surface area contributed by atoms with Crippen molar-refractivity contribution >= 4 is 43.0 Å². The fourth-order valence-electron chi connectivity index (χ4n) is 2.95. The minimum atomic E-state index is -3.61. The predicted octanol–water partition coefficient (Wildman–Crippen LogP) is 1.64. The number of hydrogen-bond donors (Lipinski definition) is 1. The van der Waals surface area contributed by atoms with Crippen molar-refractivity contribution in [1.82, 2.24) is 0 Å². The average Bonchev–Trinajstić information content (AvgIpc) is 2.71. The Hall–Kier alpha value is -2.79. The van der Waals surface area contributed by atoms with Gasteiger partial charge < -0.3 is 10.1 Å². The number of sulfonamides is 2. The molecule has 0 spiro atoms. The summed E-state index contributed by atoms with van der Waals surface area (Å²) in [5, 5.41) is 2.67. The highest BCUT2D eigenvalue weighted by Crippen LogP contribution is 2.35.